The van der Waals surface area contributed by atoms with Crippen LogP contribution in [0.15, 0.2) is 48.5 Å². The summed E-state index contributed by atoms with van der Waals surface area (Å²) in [5, 5.41) is 0. The third-order valence-corrected chi connectivity index (χ3v) is 2.66. The summed E-state index contributed by atoms with van der Waals surface area (Å²) in [4.78, 5) is 0. The van der Waals surface area contributed by atoms with Crippen LogP contribution in [-0.4, -0.2) is 13.2 Å². The number of benzene rings is 2. The van der Waals surface area contributed by atoms with E-state index in [9.17, 15) is 0 Å². The van der Waals surface area contributed by atoms with Crippen LogP contribution in [0.2, 0.25) is 0 Å². The van der Waals surface area contributed by atoms with Gasteiger partial charge in [-0.1, -0.05) is 36.4 Å². The van der Waals surface area contributed by atoms with Crippen LogP contribution >= 0.6 is 0 Å². The highest BCUT2D eigenvalue weighted by atomic mass is 16.5. The SMILES string of the molecule is CCOc1ccccc1-c1ccccc1OCC. The van der Waals surface area contributed by atoms with Crippen LogP contribution in [0.25, 0.3) is 11.1 Å². The summed E-state index contributed by atoms with van der Waals surface area (Å²) in [5.74, 6) is 1.79. The minimum Gasteiger partial charge on any atom is -0.493 e. The largest absolute Gasteiger partial charge is 0.493 e. The third kappa shape index (κ3) is 2.65. The fourth-order valence-corrected chi connectivity index (χ4v) is 1.94. The van der Waals surface area contributed by atoms with Gasteiger partial charge in [-0.05, 0) is 26.0 Å². The van der Waals surface area contributed by atoms with Crippen LogP contribution in [0, 0.1) is 0 Å². The predicted octanol–water partition coefficient (Wildman–Crippen LogP) is 4.15. The maximum atomic E-state index is 5.67. The van der Waals surface area contributed by atoms with E-state index in [0.717, 1.165) is 22.6 Å². The molecule has 0 aliphatic carbocycles. The second kappa shape index (κ2) is 6.10. The fourth-order valence-electron chi connectivity index (χ4n) is 1.94. The van der Waals surface area contributed by atoms with Crippen molar-refractivity contribution >= 4 is 0 Å². The van der Waals surface area contributed by atoms with Gasteiger partial charge < -0.3 is 9.47 Å². The molecule has 0 saturated carbocycles. The summed E-state index contributed by atoms with van der Waals surface area (Å²) in [7, 11) is 0. The first-order valence-corrected chi connectivity index (χ1v) is 6.30. The summed E-state index contributed by atoms with van der Waals surface area (Å²) in [6.07, 6.45) is 0. The van der Waals surface area contributed by atoms with Gasteiger partial charge in [-0.3, -0.25) is 0 Å². The van der Waals surface area contributed by atoms with Crippen molar-refractivity contribution in [2.75, 3.05) is 13.2 Å². The first-order valence-electron chi connectivity index (χ1n) is 6.30. The molecule has 0 aliphatic rings. The lowest BCUT2D eigenvalue weighted by Crippen LogP contribution is -1.97. The Bertz CT molecular complexity index is 458. The van der Waals surface area contributed by atoms with Crippen molar-refractivity contribution in [2.24, 2.45) is 0 Å². The van der Waals surface area contributed by atoms with Gasteiger partial charge in [0.15, 0.2) is 0 Å². The zero-order valence-electron chi connectivity index (χ0n) is 10.8. The Hall–Kier alpha value is -1.96. The molecule has 0 saturated heterocycles. The van der Waals surface area contributed by atoms with Crippen molar-refractivity contribution in [3.63, 3.8) is 0 Å². The molecule has 2 aromatic carbocycles. The van der Waals surface area contributed by atoms with Crippen LogP contribution in [0.1, 0.15) is 13.8 Å². The molecule has 18 heavy (non-hydrogen) atoms. The average molecular weight is 242 g/mol. The molecule has 0 aliphatic heterocycles. The molecular weight excluding hydrogens is 224 g/mol. The Labute approximate surface area is 108 Å². The van der Waals surface area contributed by atoms with Gasteiger partial charge in [0.25, 0.3) is 0 Å². The smallest absolute Gasteiger partial charge is 0.127 e. The second-order valence-corrected chi connectivity index (χ2v) is 3.86. The van der Waals surface area contributed by atoms with Gasteiger partial charge >= 0.3 is 0 Å². The van der Waals surface area contributed by atoms with E-state index in [2.05, 4.69) is 12.1 Å². The third-order valence-electron chi connectivity index (χ3n) is 2.66. The lowest BCUT2D eigenvalue weighted by molar-refractivity contribution is 0.336. The van der Waals surface area contributed by atoms with Crippen molar-refractivity contribution in [3.05, 3.63) is 48.5 Å². The maximum Gasteiger partial charge on any atom is 0.127 e. The molecule has 0 atom stereocenters. The summed E-state index contributed by atoms with van der Waals surface area (Å²) < 4.78 is 11.3. The van der Waals surface area contributed by atoms with Crippen molar-refractivity contribution in [2.45, 2.75) is 13.8 Å². The molecule has 2 aromatic rings. The van der Waals surface area contributed by atoms with Crippen LogP contribution in [0.5, 0.6) is 11.5 Å². The van der Waals surface area contributed by atoms with E-state index in [-0.39, 0.29) is 0 Å². The van der Waals surface area contributed by atoms with Crippen molar-refractivity contribution in [1.29, 1.82) is 0 Å². The van der Waals surface area contributed by atoms with Crippen molar-refractivity contribution in [3.8, 4) is 22.6 Å². The normalized spacial score (nSPS) is 10.1. The van der Waals surface area contributed by atoms with E-state index in [1.165, 1.54) is 0 Å². The van der Waals surface area contributed by atoms with Crippen molar-refractivity contribution in [1.82, 2.24) is 0 Å². The number of hydrogen-bond donors (Lipinski definition) is 0. The zero-order chi connectivity index (χ0) is 12.8. The average Bonchev–Trinajstić information content (AvgIpc) is 2.41. The van der Waals surface area contributed by atoms with E-state index < -0.39 is 0 Å². The Balaban J connectivity index is 2.47. The highest BCUT2D eigenvalue weighted by Crippen LogP contribution is 2.36. The molecule has 2 heteroatoms. The summed E-state index contributed by atoms with van der Waals surface area (Å²) >= 11 is 0. The van der Waals surface area contributed by atoms with Gasteiger partial charge in [0, 0.05) is 11.1 Å². The Morgan fingerprint density at radius 3 is 1.44 bits per heavy atom. The van der Waals surface area contributed by atoms with Gasteiger partial charge in [0.2, 0.25) is 0 Å². The minimum atomic E-state index is 0.661. The van der Waals surface area contributed by atoms with Gasteiger partial charge in [0.1, 0.15) is 11.5 Å². The molecule has 0 spiro atoms. The number of hydrogen-bond acceptors (Lipinski definition) is 2. The summed E-state index contributed by atoms with van der Waals surface area (Å²) in [5.41, 5.74) is 2.15. The predicted molar refractivity (Wildman–Crippen MR) is 74.2 cm³/mol. The number of para-hydroxylation sites is 2. The molecule has 0 radical (unpaired) electrons. The minimum absolute atomic E-state index is 0.661. The first-order chi connectivity index (χ1) is 8.86. The maximum absolute atomic E-state index is 5.67. The van der Waals surface area contributed by atoms with E-state index in [4.69, 9.17) is 9.47 Å². The van der Waals surface area contributed by atoms with Crippen LogP contribution in [-0.2, 0) is 0 Å². The van der Waals surface area contributed by atoms with Gasteiger partial charge in [0.05, 0.1) is 13.2 Å². The monoisotopic (exact) mass is 242 g/mol. The molecule has 2 nitrogen and oxygen atoms in total. The zero-order valence-corrected chi connectivity index (χ0v) is 10.8. The van der Waals surface area contributed by atoms with Gasteiger partial charge in [-0.15, -0.1) is 0 Å². The molecule has 0 aromatic heterocycles. The Morgan fingerprint density at radius 2 is 1.06 bits per heavy atom. The molecular formula is C16H18O2. The molecule has 94 valence electrons. The van der Waals surface area contributed by atoms with E-state index in [1.54, 1.807) is 0 Å². The quantitative estimate of drug-likeness (QED) is 0.784. The Morgan fingerprint density at radius 1 is 0.667 bits per heavy atom. The standard InChI is InChI=1S/C16H18O2/c1-3-17-15-11-7-5-9-13(15)14-10-6-8-12-16(14)18-4-2/h5-12H,3-4H2,1-2H3. The summed E-state index contributed by atoms with van der Waals surface area (Å²) in [6, 6.07) is 16.1. The van der Waals surface area contributed by atoms with Gasteiger partial charge in [-0.2, -0.15) is 0 Å². The van der Waals surface area contributed by atoms with E-state index >= 15 is 0 Å². The van der Waals surface area contributed by atoms with Crippen LogP contribution in [0.4, 0.5) is 0 Å². The first kappa shape index (κ1) is 12.5. The lowest BCUT2D eigenvalue weighted by atomic mass is 10.0. The molecule has 0 heterocycles. The lowest BCUT2D eigenvalue weighted by Gasteiger charge is -2.13. The number of rotatable bonds is 5. The second-order valence-electron chi connectivity index (χ2n) is 3.86. The highest BCUT2D eigenvalue weighted by molar-refractivity contribution is 5.75. The van der Waals surface area contributed by atoms with Gasteiger partial charge in [-0.25, -0.2) is 0 Å². The summed E-state index contributed by atoms with van der Waals surface area (Å²) in [6.45, 7) is 5.30. The van der Waals surface area contributed by atoms with E-state index in [1.807, 2.05) is 50.2 Å². The topological polar surface area (TPSA) is 18.5 Å². The Kier molecular flexibility index (Phi) is 4.24. The number of ether oxygens (including phenoxy) is 2. The molecule has 0 N–H and O–H groups in total. The van der Waals surface area contributed by atoms with E-state index in [0.29, 0.717) is 13.2 Å². The molecule has 0 bridgehead atoms. The van der Waals surface area contributed by atoms with Crippen LogP contribution in [0.3, 0.4) is 0 Å². The fraction of sp³-hybridized carbons (Fsp3) is 0.250. The molecule has 0 amide bonds. The highest BCUT2D eigenvalue weighted by Gasteiger charge is 2.10. The molecule has 2 rings (SSSR count). The molecule has 0 unspecified atom stereocenters. The van der Waals surface area contributed by atoms with Crippen LogP contribution < -0.4 is 9.47 Å². The molecule has 0 fully saturated rings. The van der Waals surface area contributed by atoms with Crippen molar-refractivity contribution < 1.29 is 9.47 Å².